The van der Waals surface area contributed by atoms with Crippen molar-refractivity contribution in [2.75, 3.05) is 19.3 Å². The van der Waals surface area contributed by atoms with Crippen molar-refractivity contribution in [2.24, 2.45) is 0 Å². The van der Waals surface area contributed by atoms with Crippen LogP contribution in [-0.4, -0.2) is 32.1 Å². The minimum Gasteiger partial charge on any atom is -0.213 e. The fourth-order valence-electron chi connectivity index (χ4n) is 1.94. The summed E-state index contributed by atoms with van der Waals surface area (Å²) in [7, 11) is -3.09. The van der Waals surface area contributed by atoms with Gasteiger partial charge < -0.3 is 0 Å². The summed E-state index contributed by atoms with van der Waals surface area (Å²) < 4.78 is 24.7. The van der Waals surface area contributed by atoms with Crippen LogP contribution >= 0.6 is 0 Å². The smallest absolute Gasteiger partial charge is 0.211 e. The third kappa shape index (κ3) is 4.13. The van der Waals surface area contributed by atoms with Gasteiger partial charge in [0.1, 0.15) is 0 Å². The van der Waals surface area contributed by atoms with Crippen LogP contribution in [0.15, 0.2) is 30.3 Å². The Balaban J connectivity index is 2.84. The summed E-state index contributed by atoms with van der Waals surface area (Å²) in [5, 5.41) is 0. The van der Waals surface area contributed by atoms with Crippen LogP contribution in [0, 0.1) is 0 Å². The number of rotatable bonds is 6. The Hall–Kier alpha value is -0.870. The van der Waals surface area contributed by atoms with Gasteiger partial charge in [0, 0.05) is 13.1 Å². The predicted octanol–water partition coefficient (Wildman–Crippen LogP) is 2.46. The zero-order valence-electron chi connectivity index (χ0n) is 10.8. The summed E-state index contributed by atoms with van der Waals surface area (Å²) in [6.07, 6.45) is 2.21. The molecule has 0 amide bonds. The van der Waals surface area contributed by atoms with Gasteiger partial charge in [-0.05, 0) is 17.9 Å². The molecular weight excluding hydrogens is 234 g/mol. The highest BCUT2D eigenvalue weighted by atomic mass is 32.2. The van der Waals surface area contributed by atoms with Crippen molar-refractivity contribution in [1.29, 1.82) is 0 Å². The van der Waals surface area contributed by atoms with Crippen LogP contribution in [0.25, 0.3) is 0 Å². The maximum Gasteiger partial charge on any atom is 0.211 e. The highest BCUT2D eigenvalue weighted by Crippen LogP contribution is 2.21. The topological polar surface area (TPSA) is 37.4 Å². The van der Waals surface area contributed by atoms with E-state index in [2.05, 4.69) is 19.1 Å². The van der Waals surface area contributed by atoms with Gasteiger partial charge >= 0.3 is 0 Å². The lowest BCUT2D eigenvalue weighted by Crippen LogP contribution is -2.33. The van der Waals surface area contributed by atoms with Crippen LogP contribution in [0.2, 0.25) is 0 Å². The molecule has 0 heterocycles. The first-order valence-electron chi connectivity index (χ1n) is 5.99. The van der Waals surface area contributed by atoms with Gasteiger partial charge in [-0.25, -0.2) is 12.7 Å². The lowest BCUT2D eigenvalue weighted by Gasteiger charge is -2.24. The van der Waals surface area contributed by atoms with Gasteiger partial charge in [-0.3, -0.25) is 0 Å². The molecule has 0 saturated carbocycles. The number of hydrogen-bond donors (Lipinski definition) is 0. The number of benzene rings is 1. The van der Waals surface area contributed by atoms with E-state index in [0.29, 0.717) is 13.1 Å². The zero-order valence-corrected chi connectivity index (χ0v) is 11.6. The quantitative estimate of drug-likeness (QED) is 0.783. The lowest BCUT2D eigenvalue weighted by atomic mass is 9.96. The summed E-state index contributed by atoms with van der Waals surface area (Å²) in [6.45, 7) is 5.06. The van der Waals surface area contributed by atoms with E-state index in [1.54, 1.807) is 0 Å². The van der Waals surface area contributed by atoms with E-state index in [-0.39, 0.29) is 5.92 Å². The van der Waals surface area contributed by atoms with Crippen molar-refractivity contribution in [3.05, 3.63) is 35.9 Å². The first-order valence-corrected chi connectivity index (χ1v) is 7.83. The van der Waals surface area contributed by atoms with Gasteiger partial charge in [-0.2, -0.15) is 0 Å². The van der Waals surface area contributed by atoms with E-state index in [4.69, 9.17) is 0 Å². The second-order valence-electron chi connectivity index (χ2n) is 4.23. The van der Waals surface area contributed by atoms with Crippen LogP contribution in [0.3, 0.4) is 0 Å². The largest absolute Gasteiger partial charge is 0.213 e. The molecule has 4 heteroatoms. The summed E-state index contributed by atoms with van der Waals surface area (Å²) in [5.41, 5.74) is 1.21. The van der Waals surface area contributed by atoms with E-state index in [1.165, 1.54) is 16.1 Å². The molecule has 96 valence electrons. The molecule has 0 aliphatic rings. The zero-order chi connectivity index (χ0) is 12.9. The summed E-state index contributed by atoms with van der Waals surface area (Å²) in [5.74, 6) is 0.269. The Morgan fingerprint density at radius 3 is 2.18 bits per heavy atom. The molecule has 1 rings (SSSR count). The van der Waals surface area contributed by atoms with Crippen LogP contribution in [0.4, 0.5) is 0 Å². The first-order chi connectivity index (χ1) is 7.99. The number of sulfonamides is 1. The highest BCUT2D eigenvalue weighted by molar-refractivity contribution is 7.88. The Labute approximate surface area is 105 Å². The molecule has 0 aromatic heterocycles. The maximum absolute atomic E-state index is 11.6. The van der Waals surface area contributed by atoms with Crippen molar-refractivity contribution in [2.45, 2.75) is 26.2 Å². The Kier molecular flexibility index (Phi) is 5.15. The van der Waals surface area contributed by atoms with Gasteiger partial charge in [0.15, 0.2) is 0 Å². The van der Waals surface area contributed by atoms with E-state index < -0.39 is 10.0 Å². The third-order valence-electron chi connectivity index (χ3n) is 3.01. The number of likely N-dealkylation sites (N-methyl/N-ethyl adjacent to an activating group) is 1. The molecule has 0 spiro atoms. The van der Waals surface area contributed by atoms with Crippen LogP contribution in [-0.2, 0) is 10.0 Å². The molecule has 0 aliphatic carbocycles. The standard InChI is InChI=1S/C13H21NO2S/c1-4-12(13-9-7-6-8-10-13)11-14(5-2)17(3,15)16/h6-10,12H,4-5,11H2,1-3H3/t12-/m0/s1. The van der Waals surface area contributed by atoms with Crippen molar-refractivity contribution in [3.63, 3.8) is 0 Å². The van der Waals surface area contributed by atoms with Gasteiger partial charge in [0.25, 0.3) is 0 Å². The number of hydrogen-bond acceptors (Lipinski definition) is 2. The second kappa shape index (κ2) is 6.17. The lowest BCUT2D eigenvalue weighted by molar-refractivity contribution is 0.397. The van der Waals surface area contributed by atoms with Gasteiger partial charge in [0.05, 0.1) is 6.26 Å². The summed E-state index contributed by atoms with van der Waals surface area (Å²) in [6, 6.07) is 10.1. The first kappa shape index (κ1) is 14.2. The fourth-order valence-corrected chi connectivity index (χ4v) is 2.86. The molecule has 0 N–H and O–H groups in total. The molecule has 1 aromatic rings. The van der Waals surface area contributed by atoms with E-state index in [1.807, 2.05) is 25.1 Å². The highest BCUT2D eigenvalue weighted by Gasteiger charge is 2.19. The molecule has 0 unspecified atom stereocenters. The van der Waals surface area contributed by atoms with Crippen molar-refractivity contribution < 1.29 is 8.42 Å². The van der Waals surface area contributed by atoms with Gasteiger partial charge in [0.2, 0.25) is 10.0 Å². The molecule has 3 nitrogen and oxygen atoms in total. The molecule has 0 saturated heterocycles. The maximum atomic E-state index is 11.6. The van der Waals surface area contributed by atoms with Crippen molar-refractivity contribution in [3.8, 4) is 0 Å². The average molecular weight is 255 g/mol. The van der Waals surface area contributed by atoms with Crippen molar-refractivity contribution in [1.82, 2.24) is 4.31 Å². The summed E-state index contributed by atoms with van der Waals surface area (Å²) >= 11 is 0. The average Bonchev–Trinajstić information content (AvgIpc) is 2.30. The normalized spacial score (nSPS) is 13.9. The predicted molar refractivity (Wildman–Crippen MR) is 71.6 cm³/mol. The van der Waals surface area contributed by atoms with Crippen LogP contribution < -0.4 is 0 Å². The van der Waals surface area contributed by atoms with Gasteiger partial charge in [-0.1, -0.05) is 44.2 Å². The molecule has 0 bridgehead atoms. The van der Waals surface area contributed by atoms with E-state index in [0.717, 1.165) is 6.42 Å². The molecule has 0 radical (unpaired) electrons. The number of nitrogens with zero attached hydrogens (tertiary/aromatic N) is 1. The molecule has 1 aromatic carbocycles. The van der Waals surface area contributed by atoms with Crippen molar-refractivity contribution >= 4 is 10.0 Å². The minimum absolute atomic E-state index is 0.269. The molecule has 0 aliphatic heterocycles. The molecule has 1 atom stereocenters. The third-order valence-corrected chi connectivity index (χ3v) is 4.35. The fraction of sp³-hybridized carbons (Fsp3) is 0.538. The summed E-state index contributed by atoms with van der Waals surface area (Å²) in [4.78, 5) is 0. The monoisotopic (exact) mass is 255 g/mol. The second-order valence-corrected chi connectivity index (χ2v) is 6.21. The minimum atomic E-state index is -3.09. The molecule has 0 fully saturated rings. The van der Waals surface area contributed by atoms with Crippen LogP contribution in [0.5, 0.6) is 0 Å². The van der Waals surface area contributed by atoms with E-state index >= 15 is 0 Å². The SMILES string of the molecule is CC[C@@H](CN(CC)S(C)(=O)=O)c1ccccc1. The Morgan fingerprint density at radius 1 is 1.18 bits per heavy atom. The van der Waals surface area contributed by atoms with E-state index in [9.17, 15) is 8.42 Å². The van der Waals surface area contributed by atoms with Gasteiger partial charge in [-0.15, -0.1) is 0 Å². The molecular formula is C13H21NO2S. The molecule has 17 heavy (non-hydrogen) atoms. The Bertz CT molecular complexity index is 428. The van der Waals surface area contributed by atoms with Crippen LogP contribution in [0.1, 0.15) is 31.7 Å². The Morgan fingerprint density at radius 2 is 1.76 bits per heavy atom.